The first-order valence-corrected chi connectivity index (χ1v) is 17.0. The Balaban J connectivity index is 1.59. The first-order valence-electron chi connectivity index (χ1n) is 16.2. The third kappa shape index (κ3) is 4.95. The van der Waals surface area contributed by atoms with Crippen molar-refractivity contribution in [1.82, 2.24) is 0 Å². The van der Waals surface area contributed by atoms with E-state index >= 15 is 0 Å². The van der Waals surface area contributed by atoms with E-state index in [0.29, 0.717) is 0 Å². The van der Waals surface area contributed by atoms with Crippen molar-refractivity contribution in [3.63, 3.8) is 0 Å². The third-order valence-corrected chi connectivity index (χ3v) is 10.4. The number of anilines is 6. The summed E-state index contributed by atoms with van der Waals surface area (Å²) in [6.45, 7) is 8.77. The standard InChI is InChI=1S/C44H36N2S/c1-29-24-26-33(27-25-29)45(38-21-10-5-15-31(38)3)43-36-19-8-7-18-35(36)42(41-37-20-9-12-23-40(37)47-44(41)43)46(34-17-13-14-30(2)28-34)39-22-11-6-16-32(39)4/h5-28H,1-4H3. The number of benzene rings is 7. The quantitative estimate of drug-likeness (QED) is 0.170. The predicted molar refractivity (Wildman–Crippen MR) is 205 cm³/mol. The van der Waals surface area contributed by atoms with Crippen LogP contribution in [0, 0.1) is 27.7 Å². The second-order valence-corrected chi connectivity index (χ2v) is 13.5. The summed E-state index contributed by atoms with van der Waals surface area (Å²) >= 11 is 1.89. The molecular formula is C44H36N2S. The van der Waals surface area contributed by atoms with Gasteiger partial charge in [-0.2, -0.15) is 0 Å². The summed E-state index contributed by atoms with van der Waals surface area (Å²) in [6.07, 6.45) is 0. The number of rotatable bonds is 6. The van der Waals surface area contributed by atoms with Gasteiger partial charge < -0.3 is 9.80 Å². The average Bonchev–Trinajstić information content (AvgIpc) is 3.47. The Morgan fingerprint density at radius 2 is 0.979 bits per heavy atom. The molecule has 228 valence electrons. The van der Waals surface area contributed by atoms with Crippen LogP contribution >= 0.6 is 11.3 Å². The minimum Gasteiger partial charge on any atom is -0.309 e. The number of hydrogen-bond acceptors (Lipinski definition) is 3. The minimum absolute atomic E-state index is 1.15. The van der Waals surface area contributed by atoms with Crippen LogP contribution in [0.15, 0.2) is 146 Å². The van der Waals surface area contributed by atoms with E-state index in [1.54, 1.807) is 0 Å². The van der Waals surface area contributed by atoms with Gasteiger partial charge in [0.25, 0.3) is 0 Å². The number of aryl methyl sites for hydroxylation is 4. The smallest absolute Gasteiger partial charge is 0.0720 e. The van der Waals surface area contributed by atoms with Gasteiger partial charge in [0.05, 0.1) is 16.1 Å². The average molecular weight is 625 g/mol. The summed E-state index contributed by atoms with van der Waals surface area (Å²) in [6, 6.07) is 53.3. The highest BCUT2D eigenvalue weighted by Gasteiger charge is 2.28. The molecule has 3 heteroatoms. The van der Waals surface area contributed by atoms with E-state index < -0.39 is 0 Å². The molecule has 0 spiro atoms. The maximum Gasteiger partial charge on any atom is 0.0720 e. The van der Waals surface area contributed by atoms with Gasteiger partial charge >= 0.3 is 0 Å². The number of nitrogens with zero attached hydrogens (tertiary/aromatic N) is 2. The Bertz CT molecular complexity index is 2420. The third-order valence-electron chi connectivity index (χ3n) is 9.20. The molecule has 47 heavy (non-hydrogen) atoms. The van der Waals surface area contributed by atoms with E-state index in [1.165, 1.54) is 75.9 Å². The first-order chi connectivity index (χ1) is 23.0. The molecule has 0 unspecified atom stereocenters. The molecule has 0 aliphatic heterocycles. The second kappa shape index (κ2) is 11.8. The van der Waals surface area contributed by atoms with E-state index in [0.717, 1.165) is 11.4 Å². The molecule has 0 aliphatic carbocycles. The zero-order valence-electron chi connectivity index (χ0n) is 27.2. The minimum atomic E-state index is 1.15. The molecule has 0 aliphatic rings. The molecule has 1 aromatic heterocycles. The molecular weight excluding hydrogens is 589 g/mol. The van der Waals surface area contributed by atoms with Crippen LogP contribution < -0.4 is 9.80 Å². The molecule has 0 amide bonds. The fourth-order valence-corrected chi connectivity index (χ4v) is 8.17. The maximum absolute atomic E-state index is 2.50. The summed E-state index contributed by atoms with van der Waals surface area (Å²) < 4.78 is 2.55. The Morgan fingerprint density at radius 3 is 1.62 bits per heavy atom. The lowest BCUT2D eigenvalue weighted by molar-refractivity contribution is 1.25. The van der Waals surface area contributed by atoms with Crippen molar-refractivity contribution in [2.24, 2.45) is 0 Å². The molecule has 0 saturated heterocycles. The highest BCUT2D eigenvalue weighted by Crippen LogP contribution is 2.55. The highest BCUT2D eigenvalue weighted by molar-refractivity contribution is 7.26. The molecule has 0 atom stereocenters. The van der Waals surface area contributed by atoms with Crippen LogP contribution in [0.5, 0.6) is 0 Å². The number of para-hydroxylation sites is 2. The molecule has 7 aromatic carbocycles. The summed E-state index contributed by atoms with van der Waals surface area (Å²) in [7, 11) is 0. The number of fused-ring (bicyclic) bond motifs is 4. The van der Waals surface area contributed by atoms with Crippen LogP contribution in [0.25, 0.3) is 30.9 Å². The number of hydrogen-bond donors (Lipinski definition) is 0. The number of thiophene rings is 1. The van der Waals surface area contributed by atoms with E-state index in [-0.39, 0.29) is 0 Å². The molecule has 8 aromatic rings. The van der Waals surface area contributed by atoms with Crippen LogP contribution in [-0.4, -0.2) is 0 Å². The molecule has 0 N–H and O–H groups in total. The zero-order chi connectivity index (χ0) is 32.1. The molecule has 8 rings (SSSR count). The molecule has 0 radical (unpaired) electrons. The van der Waals surface area contributed by atoms with Gasteiger partial charge in [0, 0.05) is 49.0 Å². The summed E-state index contributed by atoms with van der Waals surface area (Å²) in [5.41, 5.74) is 12.0. The summed E-state index contributed by atoms with van der Waals surface area (Å²) in [5, 5.41) is 4.98. The lowest BCUT2D eigenvalue weighted by Crippen LogP contribution is -2.15. The van der Waals surface area contributed by atoms with Gasteiger partial charge in [0.1, 0.15) is 0 Å². The van der Waals surface area contributed by atoms with Gasteiger partial charge in [-0.15, -0.1) is 11.3 Å². The Kier molecular flexibility index (Phi) is 7.27. The Hall–Kier alpha value is -5.38. The van der Waals surface area contributed by atoms with Crippen LogP contribution in [-0.2, 0) is 0 Å². The monoisotopic (exact) mass is 624 g/mol. The van der Waals surface area contributed by atoms with Crippen LogP contribution in [0.4, 0.5) is 34.1 Å². The first kappa shape index (κ1) is 29.1. The van der Waals surface area contributed by atoms with Gasteiger partial charge in [-0.05, 0) is 86.8 Å². The predicted octanol–water partition coefficient (Wildman–Crippen LogP) is 13.4. The zero-order valence-corrected chi connectivity index (χ0v) is 28.0. The summed E-state index contributed by atoms with van der Waals surface area (Å²) in [4.78, 5) is 4.99. The van der Waals surface area contributed by atoms with Crippen molar-refractivity contribution in [3.8, 4) is 0 Å². The van der Waals surface area contributed by atoms with E-state index in [9.17, 15) is 0 Å². The SMILES string of the molecule is Cc1ccc(N(c2ccccc2C)c2c3ccccc3c(N(c3cccc(C)c3)c3ccccc3C)c3c2sc2ccccc23)cc1. The largest absolute Gasteiger partial charge is 0.309 e. The normalized spacial score (nSPS) is 11.4. The Morgan fingerprint density at radius 1 is 0.426 bits per heavy atom. The van der Waals surface area contributed by atoms with Gasteiger partial charge in [-0.25, -0.2) is 0 Å². The Labute approximate surface area is 280 Å². The summed E-state index contributed by atoms with van der Waals surface area (Å²) in [5.74, 6) is 0. The van der Waals surface area contributed by atoms with Crippen molar-refractivity contribution in [2.75, 3.05) is 9.80 Å². The van der Waals surface area contributed by atoms with Crippen molar-refractivity contribution in [2.45, 2.75) is 27.7 Å². The van der Waals surface area contributed by atoms with Gasteiger partial charge in [0.15, 0.2) is 0 Å². The molecule has 0 fully saturated rings. The second-order valence-electron chi connectivity index (χ2n) is 12.5. The van der Waals surface area contributed by atoms with Crippen molar-refractivity contribution >= 4 is 76.4 Å². The lowest BCUT2D eigenvalue weighted by Gasteiger charge is -2.33. The molecule has 0 bridgehead atoms. The van der Waals surface area contributed by atoms with Crippen LogP contribution in [0.2, 0.25) is 0 Å². The molecule has 1 heterocycles. The van der Waals surface area contributed by atoms with Crippen molar-refractivity contribution in [1.29, 1.82) is 0 Å². The van der Waals surface area contributed by atoms with E-state index in [2.05, 4.69) is 183 Å². The highest BCUT2D eigenvalue weighted by atomic mass is 32.1. The fourth-order valence-electron chi connectivity index (χ4n) is 6.92. The molecule has 0 saturated carbocycles. The topological polar surface area (TPSA) is 6.48 Å². The molecule has 2 nitrogen and oxygen atoms in total. The van der Waals surface area contributed by atoms with Crippen LogP contribution in [0.1, 0.15) is 22.3 Å². The van der Waals surface area contributed by atoms with E-state index in [4.69, 9.17) is 0 Å². The van der Waals surface area contributed by atoms with Gasteiger partial charge in [-0.1, -0.05) is 109 Å². The van der Waals surface area contributed by atoms with Crippen molar-refractivity contribution in [3.05, 3.63) is 168 Å². The lowest BCUT2D eigenvalue weighted by atomic mass is 9.97. The van der Waals surface area contributed by atoms with E-state index in [1.807, 2.05) is 11.3 Å². The van der Waals surface area contributed by atoms with Crippen molar-refractivity contribution < 1.29 is 0 Å². The fraction of sp³-hybridized carbons (Fsp3) is 0.0909. The van der Waals surface area contributed by atoms with Gasteiger partial charge in [0.2, 0.25) is 0 Å². The van der Waals surface area contributed by atoms with Crippen LogP contribution in [0.3, 0.4) is 0 Å². The van der Waals surface area contributed by atoms with Gasteiger partial charge in [-0.3, -0.25) is 0 Å². The maximum atomic E-state index is 2.50.